The molecule has 0 spiro atoms. The molecule has 0 radical (unpaired) electrons. The van der Waals surface area contributed by atoms with Gasteiger partial charge in [-0.15, -0.1) is 0 Å². The smallest absolute Gasteiger partial charge is 0.0595 e. The summed E-state index contributed by atoms with van der Waals surface area (Å²) in [5.74, 6) is 0.476. The minimum Gasteiger partial charge on any atom is -0.327 e. The fourth-order valence-corrected chi connectivity index (χ4v) is 1.50. The first-order chi connectivity index (χ1) is 6.50. The van der Waals surface area contributed by atoms with Crippen molar-refractivity contribution < 1.29 is 0 Å². The lowest BCUT2D eigenvalue weighted by atomic mass is 9.97. The third-order valence-electron chi connectivity index (χ3n) is 2.31. The number of hydrogen-bond donors (Lipinski definition) is 1. The van der Waals surface area contributed by atoms with Crippen LogP contribution in [-0.2, 0) is 6.42 Å². The van der Waals surface area contributed by atoms with E-state index in [1.807, 2.05) is 18.2 Å². The summed E-state index contributed by atoms with van der Waals surface area (Å²) in [6, 6.07) is 5.83. The topological polar surface area (TPSA) is 26.0 Å². The van der Waals surface area contributed by atoms with E-state index in [2.05, 4.69) is 13.8 Å². The van der Waals surface area contributed by atoms with Gasteiger partial charge in [-0.25, -0.2) is 0 Å². The number of halogens is 2. The fraction of sp³-hybridized carbons (Fsp3) is 0.455. The molecule has 2 N–H and O–H groups in total. The molecule has 0 amide bonds. The molecule has 0 saturated heterocycles. The molecule has 14 heavy (non-hydrogen) atoms. The fourth-order valence-electron chi connectivity index (χ4n) is 1.17. The van der Waals surface area contributed by atoms with Gasteiger partial charge in [-0.2, -0.15) is 0 Å². The van der Waals surface area contributed by atoms with Gasteiger partial charge in [0, 0.05) is 6.04 Å². The quantitative estimate of drug-likeness (QED) is 0.847. The Morgan fingerprint density at radius 1 is 1.21 bits per heavy atom. The van der Waals surface area contributed by atoms with Gasteiger partial charge in [0.15, 0.2) is 0 Å². The second-order valence-corrected chi connectivity index (χ2v) is 4.67. The average molecular weight is 232 g/mol. The third-order valence-corrected chi connectivity index (χ3v) is 3.05. The van der Waals surface area contributed by atoms with Crippen LogP contribution >= 0.6 is 23.2 Å². The number of hydrogen-bond acceptors (Lipinski definition) is 1. The van der Waals surface area contributed by atoms with E-state index >= 15 is 0 Å². The average Bonchev–Trinajstić information content (AvgIpc) is 2.11. The van der Waals surface area contributed by atoms with Crippen molar-refractivity contribution in [3.05, 3.63) is 33.8 Å². The molecule has 78 valence electrons. The van der Waals surface area contributed by atoms with Crippen LogP contribution in [0.3, 0.4) is 0 Å². The van der Waals surface area contributed by atoms with Crippen molar-refractivity contribution >= 4 is 23.2 Å². The van der Waals surface area contributed by atoms with Crippen molar-refractivity contribution in [2.45, 2.75) is 26.3 Å². The summed E-state index contributed by atoms with van der Waals surface area (Å²) < 4.78 is 0. The molecule has 0 fully saturated rings. The Morgan fingerprint density at radius 2 is 1.86 bits per heavy atom. The first-order valence-electron chi connectivity index (χ1n) is 4.70. The highest BCUT2D eigenvalue weighted by Gasteiger charge is 2.09. The molecule has 0 saturated carbocycles. The van der Waals surface area contributed by atoms with Gasteiger partial charge < -0.3 is 5.73 Å². The molecule has 0 bridgehead atoms. The minimum absolute atomic E-state index is 0.173. The summed E-state index contributed by atoms with van der Waals surface area (Å²) >= 11 is 11.7. The maximum atomic E-state index is 5.96. The van der Waals surface area contributed by atoms with E-state index in [1.54, 1.807) is 0 Å². The Kier molecular flexibility index (Phi) is 4.24. The molecule has 0 aliphatic carbocycles. The molecule has 0 heterocycles. The predicted molar refractivity (Wildman–Crippen MR) is 63.0 cm³/mol. The van der Waals surface area contributed by atoms with Crippen LogP contribution in [0.1, 0.15) is 19.4 Å². The van der Waals surface area contributed by atoms with Crippen LogP contribution in [0, 0.1) is 5.92 Å². The molecule has 1 aromatic carbocycles. The molecular formula is C11H15Cl2N. The highest BCUT2D eigenvalue weighted by atomic mass is 35.5. The van der Waals surface area contributed by atoms with Gasteiger partial charge in [0.05, 0.1) is 10.0 Å². The first-order valence-corrected chi connectivity index (χ1v) is 5.46. The second kappa shape index (κ2) is 5.01. The molecule has 1 unspecified atom stereocenters. The molecule has 1 aromatic rings. The van der Waals surface area contributed by atoms with Crippen LogP contribution in [0.15, 0.2) is 18.2 Å². The van der Waals surface area contributed by atoms with Crippen LogP contribution in [0.5, 0.6) is 0 Å². The van der Waals surface area contributed by atoms with E-state index < -0.39 is 0 Å². The van der Waals surface area contributed by atoms with Crippen molar-refractivity contribution in [3.8, 4) is 0 Å². The number of nitrogens with two attached hydrogens (primary N) is 1. The standard InChI is InChI=1S/C11H15Cl2N/c1-7(2)11(14)6-8-3-4-9(12)10(13)5-8/h3-5,7,11H,6,14H2,1-2H3. The van der Waals surface area contributed by atoms with E-state index in [0.29, 0.717) is 16.0 Å². The lowest BCUT2D eigenvalue weighted by molar-refractivity contribution is 0.490. The molecule has 0 aromatic heterocycles. The van der Waals surface area contributed by atoms with E-state index in [9.17, 15) is 0 Å². The van der Waals surface area contributed by atoms with Crippen molar-refractivity contribution in [3.63, 3.8) is 0 Å². The van der Waals surface area contributed by atoms with Crippen LogP contribution in [0.25, 0.3) is 0 Å². The highest BCUT2D eigenvalue weighted by molar-refractivity contribution is 6.42. The van der Waals surface area contributed by atoms with Gasteiger partial charge in [-0.1, -0.05) is 43.1 Å². The lowest BCUT2D eigenvalue weighted by Crippen LogP contribution is -2.28. The van der Waals surface area contributed by atoms with Gasteiger partial charge in [-0.3, -0.25) is 0 Å². The molecule has 1 rings (SSSR count). The predicted octanol–water partition coefficient (Wildman–Crippen LogP) is 3.52. The largest absolute Gasteiger partial charge is 0.327 e. The maximum Gasteiger partial charge on any atom is 0.0595 e. The van der Waals surface area contributed by atoms with Crippen molar-refractivity contribution in [2.24, 2.45) is 11.7 Å². The Hall–Kier alpha value is -0.240. The molecular weight excluding hydrogens is 217 g/mol. The van der Waals surface area contributed by atoms with E-state index in [1.165, 1.54) is 0 Å². The molecule has 3 heteroatoms. The Balaban J connectivity index is 2.73. The number of rotatable bonds is 3. The zero-order chi connectivity index (χ0) is 10.7. The van der Waals surface area contributed by atoms with Crippen molar-refractivity contribution in [1.29, 1.82) is 0 Å². The summed E-state index contributed by atoms with van der Waals surface area (Å²) in [5, 5.41) is 1.19. The van der Waals surface area contributed by atoms with Crippen molar-refractivity contribution in [2.75, 3.05) is 0 Å². The minimum atomic E-state index is 0.173. The van der Waals surface area contributed by atoms with Gasteiger partial charge in [0.25, 0.3) is 0 Å². The zero-order valence-electron chi connectivity index (χ0n) is 8.43. The Bertz CT molecular complexity index is 310. The zero-order valence-corrected chi connectivity index (χ0v) is 9.94. The maximum absolute atomic E-state index is 5.96. The monoisotopic (exact) mass is 231 g/mol. The molecule has 1 nitrogen and oxygen atoms in total. The second-order valence-electron chi connectivity index (χ2n) is 3.86. The van der Waals surface area contributed by atoms with E-state index in [-0.39, 0.29) is 6.04 Å². The summed E-state index contributed by atoms with van der Waals surface area (Å²) in [6.45, 7) is 4.23. The van der Waals surface area contributed by atoms with Crippen molar-refractivity contribution in [1.82, 2.24) is 0 Å². The SMILES string of the molecule is CC(C)C(N)Cc1ccc(Cl)c(Cl)c1. The third kappa shape index (κ3) is 3.16. The first kappa shape index (κ1) is 11.8. The van der Waals surface area contributed by atoms with Gasteiger partial charge >= 0.3 is 0 Å². The molecule has 0 aliphatic heterocycles. The highest BCUT2D eigenvalue weighted by Crippen LogP contribution is 2.23. The van der Waals surface area contributed by atoms with Gasteiger partial charge in [0.1, 0.15) is 0 Å². The van der Waals surface area contributed by atoms with Crippen LogP contribution in [-0.4, -0.2) is 6.04 Å². The normalized spacial score (nSPS) is 13.3. The lowest BCUT2D eigenvalue weighted by Gasteiger charge is -2.15. The van der Waals surface area contributed by atoms with Gasteiger partial charge in [-0.05, 0) is 30.0 Å². The summed E-state index contributed by atoms with van der Waals surface area (Å²) in [4.78, 5) is 0. The number of benzene rings is 1. The van der Waals surface area contributed by atoms with Crippen LogP contribution in [0.2, 0.25) is 10.0 Å². The Morgan fingerprint density at radius 3 is 2.36 bits per heavy atom. The van der Waals surface area contributed by atoms with Crippen LogP contribution < -0.4 is 5.73 Å². The molecule has 0 aliphatic rings. The summed E-state index contributed by atoms with van der Waals surface area (Å²) in [5.41, 5.74) is 7.10. The van der Waals surface area contributed by atoms with E-state index in [0.717, 1.165) is 12.0 Å². The Labute approximate surface area is 95.2 Å². The summed E-state index contributed by atoms with van der Waals surface area (Å²) in [6.07, 6.45) is 0.842. The summed E-state index contributed by atoms with van der Waals surface area (Å²) in [7, 11) is 0. The molecule has 1 atom stereocenters. The van der Waals surface area contributed by atoms with Gasteiger partial charge in [0.2, 0.25) is 0 Å². The van der Waals surface area contributed by atoms with Crippen LogP contribution in [0.4, 0.5) is 0 Å². The van der Waals surface area contributed by atoms with E-state index in [4.69, 9.17) is 28.9 Å².